The first kappa shape index (κ1) is 27.5. The first-order valence-electron chi connectivity index (χ1n) is 13.3. The van der Waals surface area contributed by atoms with Crippen LogP contribution in [0.5, 0.6) is 0 Å². The number of rotatable bonds is 8. The fraction of sp³-hybridized carbons (Fsp3) is 0.593. The number of aliphatic carboxylic acids is 1. The van der Waals surface area contributed by atoms with E-state index in [-0.39, 0.29) is 48.3 Å². The van der Waals surface area contributed by atoms with Crippen molar-refractivity contribution in [1.29, 1.82) is 0 Å². The Hall–Kier alpha value is -3.02. The molecule has 2 N–H and O–H groups in total. The average Bonchev–Trinajstić information content (AvgIpc) is 3.24. The first-order chi connectivity index (χ1) is 18.4. The van der Waals surface area contributed by atoms with Gasteiger partial charge >= 0.3 is 12.1 Å². The molecule has 1 amide bonds. The van der Waals surface area contributed by atoms with Crippen LogP contribution in [0.3, 0.4) is 0 Å². The Kier molecular flexibility index (Phi) is 7.19. The highest BCUT2D eigenvalue weighted by atomic mass is 19.4. The normalized spacial score (nSPS) is 25.5. The Balaban J connectivity index is 1.41. The van der Waals surface area contributed by atoms with E-state index in [2.05, 4.69) is 10.4 Å². The molecule has 1 unspecified atom stereocenters. The summed E-state index contributed by atoms with van der Waals surface area (Å²) in [4.78, 5) is 26.6. The highest BCUT2D eigenvalue weighted by Gasteiger charge is 2.57. The van der Waals surface area contributed by atoms with Crippen LogP contribution in [-0.4, -0.2) is 62.8 Å². The molecule has 12 heteroatoms. The number of carboxylic acids is 1. The number of aromatic nitrogens is 2. The van der Waals surface area contributed by atoms with E-state index in [9.17, 15) is 36.6 Å². The lowest BCUT2D eigenvalue weighted by atomic mass is 10.0. The molecule has 5 rings (SSSR count). The molecule has 7 nitrogen and oxygen atoms in total. The van der Waals surface area contributed by atoms with Crippen LogP contribution >= 0.6 is 0 Å². The molecule has 2 aliphatic carbocycles. The lowest BCUT2D eigenvalue weighted by molar-refractivity contribution is -0.138. The second kappa shape index (κ2) is 10.2. The Bertz CT molecular complexity index is 1240. The number of amides is 1. The van der Waals surface area contributed by atoms with Crippen LogP contribution in [0.25, 0.3) is 11.3 Å². The van der Waals surface area contributed by atoms with Gasteiger partial charge in [-0.2, -0.15) is 18.3 Å². The molecule has 1 saturated heterocycles. The summed E-state index contributed by atoms with van der Waals surface area (Å²) < 4.78 is 70.7. The van der Waals surface area contributed by atoms with Gasteiger partial charge in [-0.15, -0.1) is 0 Å². The predicted molar refractivity (Wildman–Crippen MR) is 131 cm³/mol. The number of carbonyl (C=O) groups excluding carboxylic acids is 1. The summed E-state index contributed by atoms with van der Waals surface area (Å²) in [5.41, 5.74) is -1.97. The van der Waals surface area contributed by atoms with E-state index < -0.39 is 41.6 Å². The zero-order valence-electron chi connectivity index (χ0n) is 21.3. The summed E-state index contributed by atoms with van der Waals surface area (Å²) in [6, 6.07) is 6.31. The van der Waals surface area contributed by atoms with Crippen molar-refractivity contribution < 1.29 is 36.6 Å². The minimum Gasteiger partial charge on any atom is -0.481 e. The van der Waals surface area contributed by atoms with Crippen molar-refractivity contribution in [2.24, 2.45) is 5.92 Å². The molecule has 2 saturated carbocycles. The lowest BCUT2D eigenvalue weighted by Gasteiger charge is -2.33. The molecule has 2 heterocycles. The highest BCUT2D eigenvalue weighted by Crippen LogP contribution is 2.48. The predicted octanol–water partition coefficient (Wildman–Crippen LogP) is 5.38. The Morgan fingerprint density at radius 3 is 2.51 bits per heavy atom. The van der Waals surface area contributed by atoms with Crippen LogP contribution in [0.2, 0.25) is 0 Å². The second-order valence-corrected chi connectivity index (χ2v) is 11.1. The van der Waals surface area contributed by atoms with E-state index in [4.69, 9.17) is 0 Å². The second-order valence-electron chi connectivity index (χ2n) is 11.1. The van der Waals surface area contributed by atoms with Gasteiger partial charge in [0.15, 0.2) is 5.69 Å². The van der Waals surface area contributed by atoms with Crippen molar-refractivity contribution >= 4 is 11.9 Å². The van der Waals surface area contributed by atoms with E-state index in [1.54, 1.807) is 4.90 Å². The molecular weight excluding hydrogens is 523 g/mol. The van der Waals surface area contributed by atoms with Gasteiger partial charge in [-0.05, 0) is 50.3 Å². The zero-order chi connectivity index (χ0) is 28.0. The monoisotopic (exact) mass is 554 g/mol. The summed E-state index contributed by atoms with van der Waals surface area (Å²) in [6.07, 6.45) is -1.32. The van der Waals surface area contributed by atoms with E-state index >= 15 is 0 Å². The maximum Gasteiger partial charge on any atom is 0.417 e. The van der Waals surface area contributed by atoms with Crippen molar-refractivity contribution in [2.75, 3.05) is 19.6 Å². The summed E-state index contributed by atoms with van der Waals surface area (Å²) in [7, 11) is 0. The van der Waals surface area contributed by atoms with Gasteiger partial charge in [-0.3, -0.25) is 19.2 Å². The number of hydrogen-bond donors (Lipinski definition) is 2. The van der Waals surface area contributed by atoms with E-state index in [0.717, 1.165) is 31.7 Å². The largest absolute Gasteiger partial charge is 0.481 e. The first-order valence-corrected chi connectivity index (χ1v) is 13.3. The van der Waals surface area contributed by atoms with Crippen molar-refractivity contribution in [3.63, 3.8) is 0 Å². The van der Waals surface area contributed by atoms with Crippen LogP contribution in [0.1, 0.15) is 73.5 Å². The summed E-state index contributed by atoms with van der Waals surface area (Å²) in [6.45, 7) is 0.287. The van der Waals surface area contributed by atoms with Gasteiger partial charge in [0.25, 0.3) is 11.8 Å². The minimum absolute atomic E-state index is 0.0842. The number of halogens is 5. The maximum atomic E-state index is 13.9. The third kappa shape index (κ3) is 5.95. The highest BCUT2D eigenvalue weighted by molar-refractivity contribution is 5.95. The molecule has 0 spiro atoms. The van der Waals surface area contributed by atoms with Gasteiger partial charge in [0.2, 0.25) is 0 Å². The topological polar surface area (TPSA) is 87.5 Å². The van der Waals surface area contributed by atoms with Crippen molar-refractivity contribution in [3.05, 3.63) is 41.6 Å². The minimum atomic E-state index is -4.61. The van der Waals surface area contributed by atoms with Gasteiger partial charge < -0.3 is 10.4 Å². The fourth-order valence-corrected chi connectivity index (χ4v) is 6.20. The number of piperidine rings is 1. The molecule has 1 aromatic carbocycles. The number of alkyl halides is 5. The smallest absolute Gasteiger partial charge is 0.417 e. The number of hydrogen-bond acceptors (Lipinski definition) is 4. The molecule has 0 radical (unpaired) electrons. The number of nitrogens with zero attached hydrogens (tertiary/aromatic N) is 3. The maximum absolute atomic E-state index is 13.9. The average molecular weight is 555 g/mol. The third-order valence-electron chi connectivity index (χ3n) is 8.16. The van der Waals surface area contributed by atoms with Crippen LogP contribution in [0.15, 0.2) is 30.3 Å². The molecule has 1 aromatic heterocycles. The standard InChI is InChI=1S/C27H31F5N4O3/c28-26(29)10-5-11-35(16-26)15-17-13-25(17,14-23(37)38)33-24(39)21-12-22(36(34-21)18-6-1-2-7-18)19-8-3-4-9-20(19)27(30,31)32/h3-4,8-9,12,17-18H,1-2,5-7,10-11,13-16H2,(H,33,39)(H,37,38)/t17-,25?/m0/s1. The lowest BCUT2D eigenvalue weighted by Crippen LogP contribution is -2.46. The van der Waals surface area contributed by atoms with E-state index in [0.29, 0.717) is 19.4 Å². The van der Waals surface area contributed by atoms with Crippen molar-refractivity contribution in [2.45, 2.75) is 75.0 Å². The number of nitrogens with one attached hydrogen (secondary N) is 1. The molecule has 212 valence electrons. The zero-order valence-corrected chi connectivity index (χ0v) is 21.3. The Labute approximate surface area is 222 Å². The SMILES string of the molecule is O=C(O)CC1(NC(=O)c2cc(-c3ccccc3C(F)(F)F)n(C3CCCC3)n2)C[C@H]1CN1CCCC(F)(F)C1. The fourth-order valence-electron chi connectivity index (χ4n) is 6.20. The third-order valence-corrected chi connectivity index (χ3v) is 8.16. The summed E-state index contributed by atoms with van der Waals surface area (Å²) in [5.74, 6) is -4.97. The molecule has 3 fully saturated rings. The quantitative estimate of drug-likeness (QED) is 0.428. The number of benzene rings is 1. The number of carboxylic acid groups (broad SMARTS) is 1. The van der Waals surface area contributed by atoms with Crippen molar-refractivity contribution in [1.82, 2.24) is 20.0 Å². The Morgan fingerprint density at radius 2 is 1.85 bits per heavy atom. The number of likely N-dealkylation sites (tertiary alicyclic amines) is 1. The molecule has 0 bridgehead atoms. The van der Waals surface area contributed by atoms with Gasteiger partial charge in [-0.25, -0.2) is 8.78 Å². The number of carbonyl (C=O) groups is 2. The van der Waals surface area contributed by atoms with Gasteiger partial charge in [0.1, 0.15) is 0 Å². The summed E-state index contributed by atoms with van der Waals surface area (Å²) >= 11 is 0. The van der Waals surface area contributed by atoms with E-state index in [1.807, 2.05) is 0 Å². The molecule has 1 aliphatic heterocycles. The van der Waals surface area contributed by atoms with Gasteiger partial charge in [-0.1, -0.05) is 31.0 Å². The Morgan fingerprint density at radius 1 is 1.13 bits per heavy atom. The molecule has 3 aliphatic rings. The molecular formula is C27H31F5N4O3. The summed E-state index contributed by atoms with van der Waals surface area (Å²) in [5, 5.41) is 16.7. The van der Waals surface area contributed by atoms with Crippen LogP contribution in [0.4, 0.5) is 22.0 Å². The van der Waals surface area contributed by atoms with E-state index in [1.165, 1.54) is 28.9 Å². The van der Waals surface area contributed by atoms with Crippen LogP contribution in [0, 0.1) is 5.92 Å². The molecule has 39 heavy (non-hydrogen) atoms. The van der Waals surface area contributed by atoms with Crippen molar-refractivity contribution in [3.8, 4) is 11.3 Å². The van der Waals surface area contributed by atoms with Gasteiger partial charge in [0.05, 0.1) is 35.8 Å². The van der Waals surface area contributed by atoms with Crippen LogP contribution < -0.4 is 5.32 Å². The molecule has 2 atom stereocenters. The van der Waals surface area contributed by atoms with Gasteiger partial charge in [0, 0.05) is 18.5 Å². The molecule has 2 aromatic rings. The van der Waals surface area contributed by atoms with Crippen LogP contribution in [-0.2, 0) is 11.0 Å².